The Morgan fingerprint density at radius 3 is 3.00 bits per heavy atom. The molecule has 1 heterocycles. The van der Waals surface area contributed by atoms with Crippen LogP contribution >= 0.6 is 0 Å². The highest BCUT2D eigenvalue weighted by atomic mass is 16.3. The molecule has 1 fully saturated rings. The van der Waals surface area contributed by atoms with Crippen LogP contribution in [0.1, 0.15) is 41.6 Å². The second-order valence-corrected chi connectivity index (χ2v) is 5.48. The Bertz CT molecular complexity index is 487. The molecule has 0 saturated heterocycles. The van der Waals surface area contributed by atoms with Gasteiger partial charge in [0.2, 0.25) is 0 Å². The summed E-state index contributed by atoms with van der Waals surface area (Å²) in [6.45, 7) is 0.946. The number of rotatable bonds is 2. The van der Waals surface area contributed by atoms with Crippen LogP contribution in [0, 0.1) is 0 Å². The van der Waals surface area contributed by atoms with E-state index in [2.05, 4.69) is 10.6 Å². The number of nitrogens with one attached hydrogen (secondary N) is 2. The molecule has 1 aromatic rings. The first-order valence-corrected chi connectivity index (χ1v) is 7.10. The molecule has 102 valence electrons. The summed E-state index contributed by atoms with van der Waals surface area (Å²) in [6, 6.07) is 5.70. The Hall–Kier alpha value is -1.55. The summed E-state index contributed by atoms with van der Waals surface area (Å²) in [5.41, 5.74) is 3.01. The van der Waals surface area contributed by atoms with E-state index in [1.54, 1.807) is 0 Å². The lowest BCUT2D eigenvalue weighted by Crippen LogP contribution is -2.45. The minimum atomic E-state index is -0.398. The van der Waals surface area contributed by atoms with E-state index in [9.17, 15) is 9.90 Å². The lowest BCUT2D eigenvalue weighted by molar-refractivity contribution is 0.0717. The van der Waals surface area contributed by atoms with Gasteiger partial charge in [-0.3, -0.25) is 4.79 Å². The molecule has 19 heavy (non-hydrogen) atoms. The first-order chi connectivity index (χ1) is 9.24. The van der Waals surface area contributed by atoms with Gasteiger partial charge < -0.3 is 15.7 Å². The smallest absolute Gasteiger partial charge is 0.251 e. The molecule has 4 heteroatoms. The Morgan fingerprint density at radius 2 is 2.16 bits per heavy atom. The van der Waals surface area contributed by atoms with Crippen molar-refractivity contribution in [2.75, 3.05) is 11.9 Å². The van der Waals surface area contributed by atoms with Crippen LogP contribution in [0.4, 0.5) is 5.69 Å². The molecule has 0 radical (unpaired) electrons. The molecule has 0 unspecified atom stereocenters. The van der Waals surface area contributed by atoms with Crippen molar-refractivity contribution in [2.24, 2.45) is 0 Å². The van der Waals surface area contributed by atoms with Gasteiger partial charge in [-0.25, -0.2) is 0 Å². The second kappa shape index (κ2) is 5.21. The van der Waals surface area contributed by atoms with Gasteiger partial charge in [0.05, 0.1) is 12.1 Å². The highest BCUT2D eigenvalue weighted by molar-refractivity contribution is 5.95. The van der Waals surface area contributed by atoms with Crippen molar-refractivity contribution in [1.82, 2.24) is 5.32 Å². The van der Waals surface area contributed by atoms with Gasteiger partial charge >= 0.3 is 0 Å². The van der Waals surface area contributed by atoms with E-state index in [-0.39, 0.29) is 11.9 Å². The molecule has 0 aromatic heterocycles. The molecule has 2 aliphatic rings. The van der Waals surface area contributed by atoms with Crippen molar-refractivity contribution in [3.05, 3.63) is 29.3 Å². The number of aliphatic hydroxyl groups is 1. The molecule has 3 rings (SSSR count). The monoisotopic (exact) mass is 260 g/mol. The SMILES string of the molecule is O=C(N[C@H]1CCCC[C@@H]1O)c1ccc2c(c1)NCC2. The van der Waals surface area contributed by atoms with Crippen LogP contribution in [-0.2, 0) is 6.42 Å². The average Bonchev–Trinajstić information content (AvgIpc) is 2.88. The molecule has 4 nitrogen and oxygen atoms in total. The summed E-state index contributed by atoms with van der Waals surface area (Å²) in [4.78, 5) is 12.2. The van der Waals surface area contributed by atoms with Gasteiger partial charge in [-0.1, -0.05) is 18.9 Å². The molecule has 0 bridgehead atoms. The van der Waals surface area contributed by atoms with Crippen LogP contribution in [0.2, 0.25) is 0 Å². The number of anilines is 1. The van der Waals surface area contributed by atoms with Gasteiger partial charge in [-0.2, -0.15) is 0 Å². The third kappa shape index (κ3) is 2.59. The van der Waals surface area contributed by atoms with Crippen LogP contribution in [0.3, 0.4) is 0 Å². The third-order valence-electron chi connectivity index (χ3n) is 4.13. The summed E-state index contributed by atoms with van der Waals surface area (Å²) in [5, 5.41) is 16.1. The second-order valence-electron chi connectivity index (χ2n) is 5.48. The highest BCUT2D eigenvalue weighted by Gasteiger charge is 2.25. The molecular formula is C15H20N2O2. The number of amides is 1. The Kier molecular flexibility index (Phi) is 3.42. The van der Waals surface area contributed by atoms with E-state index >= 15 is 0 Å². The number of hydrogen-bond donors (Lipinski definition) is 3. The molecule has 2 atom stereocenters. The number of carbonyl (C=O) groups is 1. The zero-order valence-corrected chi connectivity index (χ0v) is 11.0. The summed E-state index contributed by atoms with van der Waals surface area (Å²) >= 11 is 0. The number of carbonyl (C=O) groups excluding carboxylic acids is 1. The van der Waals surface area contributed by atoms with E-state index in [0.29, 0.717) is 5.56 Å². The van der Waals surface area contributed by atoms with Crippen molar-refractivity contribution in [3.63, 3.8) is 0 Å². The maximum atomic E-state index is 12.2. The highest BCUT2D eigenvalue weighted by Crippen LogP contribution is 2.24. The fourth-order valence-electron chi connectivity index (χ4n) is 2.96. The van der Waals surface area contributed by atoms with E-state index in [0.717, 1.165) is 44.3 Å². The maximum Gasteiger partial charge on any atom is 0.251 e. The molecular weight excluding hydrogens is 240 g/mol. The number of hydrogen-bond acceptors (Lipinski definition) is 3. The fraction of sp³-hybridized carbons (Fsp3) is 0.533. The molecule has 1 amide bonds. The van der Waals surface area contributed by atoms with Gasteiger partial charge in [0, 0.05) is 17.8 Å². The Morgan fingerprint density at radius 1 is 1.32 bits per heavy atom. The normalized spacial score (nSPS) is 25.5. The van der Waals surface area contributed by atoms with E-state index in [1.807, 2.05) is 18.2 Å². The average molecular weight is 260 g/mol. The van der Waals surface area contributed by atoms with E-state index in [1.165, 1.54) is 5.56 Å². The molecule has 1 aliphatic heterocycles. The minimum Gasteiger partial charge on any atom is -0.391 e. The summed E-state index contributed by atoms with van der Waals surface area (Å²) in [5.74, 6) is -0.0811. The van der Waals surface area contributed by atoms with Gasteiger partial charge in [-0.05, 0) is 37.0 Å². The van der Waals surface area contributed by atoms with Crippen LogP contribution in [0.15, 0.2) is 18.2 Å². The van der Waals surface area contributed by atoms with Crippen molar-refractivity contribution in [3.8, 4) is 0 Å². The number of fused-ring (bicyclic) bond motifs is 1. The van der Waals surface area contributed by atoms with Gasteiger partial charge in [0.15, 0.2) is 0 Å². The summed E-state index contributed by atoms with van der Waals surface area (Å²) in [7, 11) is 0. The molecule has 1 aliphatic carbocycles. The van der Waals surface area contributed by atoms with Crippen molar-refractivity contribution in [1.29, 1.82) is 0 Å². The minimum absolute atomic E-state index is 0.0811. The van der Waals surface area contributed by atoms with Crippen LogP contribution in [0.25, 0.3) is 0 Å². The first kappa shape index (κ1) is 12.5. The fourth-order valence-corrected chi connectivity index (χ4v) is 2.96. The first-order valence-electron chi connectivity index (χ1n) is 7.10. The quantitative estimate of drug-likeness (QED) is 0.758. The summed E-state index contributed by atoms with van der Waals surface area (Å²) < 4.78 is 0. The predicted molar refractivity (Wildman–Crippen MR) is 74.4 cm³/mol. The Balaban J connectivity index is 1.70. The van der Waals surface area contributed by atoms with Gasteiger partial charge in [0.25, 0.3) is 5.91 Å². The van der Waals surface area contributed by atoms with E-state index < -0.39 is 6.10 Å². The largest absolute Gasteiger partial charge is 0.391 e. The zero-order chi connectivity index (χ0) is 13.2. The van der Waals surface area contributed by atoms with E-state index in [4.69, 9.17) is 0 Å². The maximum absolute atomic E-state index is 12.2. The van der Waals surface area contributed by atoms with Gasteiger partial charge in [0.1, 0.15) is 0 Å². The lowest BCUT2D eigenvalue weighted by atomic mass is 9.92. The number of benzene rings is 1. The zero-order valence-electron chi connectivity index (χ0n) is 11.0. The van der Waals surface area contributed by atoms with Crippen molar-refractivity contribution in [2.45, 2.75) is 44.2 Å². The Labute approximate surface area is 113 Å². The van der Waals surface area contributed by atoms with Crippen LogP contribution in [-0.4, -0.2) is 29.7 Å². The van der Waals surface area contributed by atoms with Crippen LogP contribution < -0.4 is 10.6 Å². The van der Waals surface area contributed by atoms with Crippen molar-refractivity contribution < 1.29 is 9.90 Å². The van der Waals surface area contributed by atoms with Crippen molar-refractivity contribution >= 4 is 11.6 Å². The molecule has 1 saturated carbocycles. The third-order valence-corrected chi connectivity index (χ3v) is 4.13. The lowest BCUT2D eigenvalue weighted by Gasteiger charge is -2.28. The topological polar surface area (TPSA) is 61.4 Å². The van der Waals surface area contributed by atoms with Gasteiger partial charge in [-0.15, -0.1) is 0 Å². The molecule has 1 aromatic carbocycles. The number of aliphatic hydroxyl groups excluding tert-OH is 1. The standard InChI is InChI=1S/C15H20N2O2/c18-14-4-2-1-3-12(14)17-15(19)11-6-5-10-7-8-16-13(10)9-11/h5-6,9,12,14,16,18H,1-4,7-8H2,(H,17,19)/t12-,14-/m0/s1. The molecule has 3 N–H and O–H groups in total. The predicted octanol–water partition coefficient (Wildman–Crippen LogP) is 1.69. The molecule has 0 spiro atoms. The summed E-state index contributed by atoms with van der Waals surface area (Å²) in [6.07, 6.45) is 4.42. The van der Waals surface area contributed by atoms with Crippen LogP contribution in [0.5, 0.6) is 0 Å².